The highest BCUT2D eigenvalue weighted by Crippen LogP contribution is 2.33. The smallest absolute Gasteiger partial charge is 0.322 e. The van der Waals surface area contributed by atoms with Gasteiger partial charge in [-0.2, -0.15) is 4.31 Å². The maximum Gasteiger partial charge on any atom is 0.322 e. The van der Waals surface area contributed by atoms with Gasteiger partial charge in [-0.1, -0.05) is 5.10 Å². The second kappa shape index (κ2) is 10.7. The molecule has 0 bridgehead atoms. The molecule has 3 aromatic rings. The van der Waals surface area contributed by atoms with Crippen molar-refractivity contribution < 1.29 is 27.1 Å². The number of aromatic nitrogens is 2. The Kier molecular flexibility index (Phi) is 7.90. The summed E-state index contributed by atoms with van der Waals surface area (Å²) in [5, 5.41) is 10.4. The molecule has 0 aliphatic heterocycles. The molecule has 1 N–H and O–H groups in total. The van der Waals surface area contributed by atoms with Crippen molar-refractivity contribution >= 4 is 21.9 Å². The molecule has 0 unspecified atom stereocenters. The maximum absolute atomic E-state index is 12.6. The molecule has 10 nitrogen and oxygen atoms in total. The van der Waals surface area contributed by atoms with Gasteiger partial charge in [0.25, 0.3) is 5.91 Å². The van der Waals surface area contributed by atoms with Crippen LogP contribution in [0.3, 0.4) is 0 Å². The molecule has 1 aromatic heterocycles. The van der Waals surface area contributed by atoms with Crippen LogP contribution in [0.5, 0.6) is 11.5 Å². The fourth-order valence-corrected chi connectivity index (χ4v) is 4.33. The molecule has 2 aromatic carbocycles. The third kappa shape index (κ3) is 5.54. The van der Waals surface area contributed by atoms with E-state index in [1.165, 1.54) is 35.6 Å². The van der Waals surface area contributed by atoms with Gasteiger partial charge in [-0.15, -0.1) is 5.10 Å². The summed E-state index contributed by atoms with van der Waals surface area (Å²) in [7, 11) is -2.13. The Morgan fingerprint density at radius 1 is 1.03 bits per heavy atom. The van der Waals surface area contributed by atoms with Gasteiger partial charge in [-0.05, 0) is 70.2 Å². The van der Waals surface area contributed by atoms with E-state index >= 15 is 0 Å². The Morgan fingerprint density at radius 2 is 1.68 bits per heavy atom. The Hall–Kier alpha value is -3.44. The van der Waals surface area contributed by atoms with E-state index in [1.54, 1.807) is 32.0 Å². The lowest BCUT2D eigenvalue weighted by Gasteiger charge is -2.20. The monoisotopic (exact) mass is 488 g/mol. The summed E-state index contributed by atoms with van der Waals surface area (Å²) in [5.74, 6) is 0.825. The largest absolute Gasteiger partial charge is 0.490 e. The number of nitrogens with one attached hydrogen (secondary N) is 1. The van der Waals surface area contributed by atoms with E-state index < -0.39 is 15.9 Å². The number of ether oxygens (including phenoxy) is 2. The quantitative estimate of drug-likeness (QED) is 0.457. The van der Waals surface area contributed by atoms with Gasteiger partial charge in [0.1, 0.15) is 0 Å². The number of hydrogen-bond acceptors (Lipinski definition) is 8. The molecule has 0 fully saturated rings. The van der Waals surface area contributed by atoms with Crippen LogP contribution in [0.25, 0.3) is 11.5 Å². The lowest BCUT2D eigenvalue weighted by Crippen LogP contribution is -2.33. The first kappa shape index (κ1) is 25.2. The van der Waals surface area contributed by atoms with E-state index in [-0.39, 0.29) is 28.4 Å². The topological polar surface area (TPSA) is 124 Å². The fourth-order valence-electron chi connectivity index (χ4n) is 2.97. The highest BCUT2D eigenvalue weighted by atomic mass is 32.2. The molecule has 0 spiro atoms. The number of amides is 1. The van der Waals surface area contributed by atoms with Crippen molar-refractivity contribution in [2.75, 3.05) is 25.6 Å². The lowest BCUT2D eigenvalue weighted by atomic mass is 10.2. The van der Waals surface area contributed by atoms with E-state index in [0.29, 0.717) is 30.3 Å². The zero-order chi connectivity index (χ0) is 24.9. The summed E-state index contributed by atoms with van der Waals surface area (Å²) in [4.78, 5) is 12.7. The van der Waals surface area contributed by atoms with Gasteiger partial charge in [0, 0.05) is 24.2 Å². The molecular formula is C23H28N4O6S. The highest BCUT2D eigenvalue weighted by molar-refractivity contribution is 7.89. The van der Waals surface area contributed by atoms with E-state index in [0.717, 1.165) is 0 Å². The zero-order valence-electron chi connectivity index (χ0n) is 19.7. The Morgan fingerprint density at radius 3 is 2.29 bits per heavy atom. The maximum atomic E-state index is 12.6. The van der Waals surface area contributed by atoms with E-state index in [2.05, 4.69) is 15.5 Å². The first-order chi connectivity index (χ1) is 16.2. The van der Waals surface area contributed by atoms with Gasteiger partial charge in [0.05, 0.1) is 18.1 Å². The Labute approximate surface area is 198 Å². The van der Waals surface area contributed by atoms with Crippen LogP contribution in [0.15, 0.2) is 51.8 Å². The summed E-state index contributed by atoms with van der Waals surface area (Å²) in [6, 6.07) is 10.6. The number of rotatable bonds is 10. The molecule has 0 radical (unpaired) electrons. The van der Waals surface area contributed by atoms with E-state index in [4.69, 9.17) is 13.9 Å². The van der Waals surface area contributed by atoms with Crippen molar-refractivity contribution in [1.82, 2.24) is 14.5 Å². The molecular weight excluding hydrogens is 460 g/mol. The summed E-state index contributed by atoms with van der Waals surface area (Å²) in [5.41, 5.74) is 0.842. The first-order valence-corrected chi connectivity index (χ1v) is 12.2. The van der Waals surface area contributed by atoms with Crippen LogP contribution in [-0.2, 0) is 10.0 Å². The van der Waals surface area contributed by atoms with Crippen molar-refractivity contribution in [2.45, 2.75) is 38.6 Å². The van der Waals surface area contributed by atoms with Gasteiger partial charge in [0.15, 0.2) is 11.5 Å². The second-order valence-corrected chi connectivity index (χ2v) is 9.53. The molecule has 1 heterocycles. The Balaban J connectivity index is 1.74. The van der Waals surface area contributed by atoms with Crippen LogP contribution in [0.4, 0.5) is 6.01 Å². The molecule has 0 aliphatic rings. The van der Waals surface area contributed by atoms with Gasteiger partial charge in [0.2, 0.25) is 15.9 Å². The highest BCUT2D eigenvalue weighted by Gasteiger charge is 2.23. The van der Waals surface area contributed by atoms with E-state index in [9.17, 15) is 13.2 Å². The molecule has 0 saturated heterocycles. The fraction of sp³-hybridized carbons (Fsp3) is 0.348. The Bertz CT molecular complexity index is 1240. The van der Waals surface area contributed by atoms with Crippen molar-refractivity contribution in [3.8, 4) is 23.0 Å². The number of benzene rings is 2. The number of carbonyl (C=O) groups excluding carboxylic acids is 1. The summed E-state index contributed by atoms with van der Waals surface area (Å²) >= 11 is 0. The van der Waals surface area contributed by atoms with Gasteiger partial charge in [-0.25, -0.2) is 8.42 Å². The number of anilines is 1. The predicted molar refractivity (Wildman–Crippen MR) is 127 cm³/mol. The first-order valence-electron chi connectivity index (χ1n) is 10.8. The minimum Gasteiger partial charge on any atom is -0.490 e. The molecule has 0 atom stereocenters. The molecule has 11 heteroatoms. The number of hydrogen-bond donors (Lipinski definition) is 1. The summed E-state index contributed by atoms with van der Waals surface area (Å²) in [6.45, 7) is 8.27. The average Bonchev–Trinajstić information content (AvgIpc) is 3.28. The van der Waals surface area contributed by atoms with Crippen molar-refractivity contribution in [2.24, 2.45) is 0 Å². The van der Waals surface area contributed by atoms with Crippen molar-refractivity contribution in [3.05, 3.63) is 48.0 Å². The standard InChI is InChI=1S/C23H28N4O6S/c1-6-31-19-13-10-17(14-20(19)32-7-2)22-25-26-23(33-22)24-21(28)16-8-11-18(12-9-16)34(29,30)27(5)15(3)4/h8-15H,6-7H2,1-5H3,(H,24,26,28). The third-order valence-electron chi connectivity index (χ3n) is 4.96. The van der Waals surface area contributed by atoms with Crippen LogP contribution in [-0.4, -0.2) is 55.1 Å². The van der Waals surface area contributed by atoms with Gasteiger partial charge < -0.3 is 13.9 Å². The van der Waals surface area contributed by atoms with Crippen LogP contribution in [0.1, 0.15) is 38.1 Å². The lowest BCUT2D eigenvalue weighted by molar-refractivity contribution is 0.102. The third-order valence-corrected chi connectivity index (χ3v) is 7.00. The van der Waals surface area contributed by atoms with Crippen molar-refractivity contribution in [3.63, 3.8) is 0 Å². The van der Waals surface area contributed by atoms with Crippen LogP contribution >= 0.6 is 0 Å². The number of sulfonamides is 1. The molecule has 1 amide bonds. The van der Waals surface area contributed by atoms with Gasteiger partial charge >= 0.3 is 6.01 Å². The number of nitrogens with zero attached hydrogens (tertiary/aromatic N) is 3. The molecule has 3 rings (SSSR count). The minimum atomic E-state index is -3.64. The molecule has 0 saturated carbocycles. The van der Waals surface area contributed by atoms with Crippen LogP contribution in [0, 0.1) is 0 Å². The normalized spacial score (nSPS) is 11.6. The van der Waals surface area contributed by atoms with Crippen LogP contribution < -0.4 is 14.8 Å². The summed E-state index contributed by atoms with van der Waals surface area (Å²) < 4.78 is 43.2. The van der Waals surface area contributed by atoms with Crippen molar-refractivity contribution in [1.29, 1.82) is 0 Å². The SMILES string of the molecule is CCOc1ccc(-c2nnc(NC(=O)c3ccc(S(=O)(=O)N(C)C(C)C)cc3)o2)cc1OCC. The second-order valence-electron chi connectivity index (χ2n) is 7.53. The minimum absolute atomic E-state index is 0.0944. The molecule has 34 heavy (non-hydrogen) atoms. The van der Waals surface area contributed by atoms with E-state index in [1.807, 2.05) is 13.8 Å². The molecule has 182 valence electrons. The summed E-state index contributed by atoms with van der Waals surface area (Å²) in [6.07, 6.45) is 0. The average molecular weight is 489 g/mol. The zero-order valence-corrected chi connectivity index (χ0v) is 20.5. The van der Waals surface area contributed by atoms with Crippen LogP contribution in [0.2, 0.25) is 0 Å². The predicted octanol–water partition coefficient (Wildman–Crippen LogP) is 3.82. The molecule has 0 aliphatic carbocycles. The number of carbonyl (C=O) groups is 1. The van der Waals surface area contributed by atoms with Gasteiger partial charge in [-0.3, -0.25) is 10.1 Å².